The average Bonchev–Trinajstić information content (AvgIpc) is 2.38. The normalized spacial score (nSPS) is 38.2. The predicted octanol–water partition coefficient (Wildman–Crippen LogP) is 5.33. The van der Waals surface area contributed by atoms with Gasteiger partial charge in [-0.1, -0.05) is 74.0 Å². The van der Waals surface area contributed by atoms with Gasteiger partial charge >= 0.3 is 0 Å². The molecule has 0 aromatic rings. The molecule has 19 heavy (non-hydrogen) atoms. The first kappa shape index (κ1) is 17.1. The highest BCUT2D eigenvalue weighted by molar-refractivity contribution is 6.15. The third-order valence-corrected chi connectivity index (χ3v) is 7.64. The second kappa shape index (κ2) is 4.81. The summed E-state index contributed by atoms with van der Waals surface area (Å²) in [5.74, 6) is 1.65. The molecule has 4 atom stereocenters. The standard InChI is InChI=1S/C18H37B/c1-10-11-17(8)14(12-13(2)16(17,6)7)18(9,19)15(3,4)5/h13-14H,10-12,19H2,1-9H3. The van der Waals surface area contributed by atoms with Crippen molar-refractivity contribution in [2.75, 3.05) is 0 Å². The molecule has 0 bridgehead atoms. The Hall–Kier alpha value is 0.0649. The first-order valence-corrected chi connectivity index (χ1v) is 8.32. The van der Waals surface area contributed by atoms with E-state index in [1.165, 1.54) is 19.3 Å². The Labute approximate surface area is 123 Å². The Morgan fingerprint density at radius 1 is 1.11 bits per heavy atom. The quantitative estimate of drug-likeness (QED) is 0.604. The molecule has 0 heterocycles. The fourth-order valence-corrected chi connectivity index (χ4v) is 4.55. The van der Waals surface area contributed by atoms with Gasteiger partial charge in [0, 0.05) is 0 Å². The Kier molecular flexibility index (Phi) is 4.34. The van der Waals surface area contributed by atoms with E-state index in [1.807, 2.05) is 0 Å². The molecule has 1 fully saturated rings. The summed E-state index contributed by atoms with van der Waals surface area (Å²) in [5.41, 5.74) is 1.29. The molecule has 1 aliphatic rings. The van der Waals surface area contributed by atoms with Crippen LogP contribution in [0, 0.1) is 28.1 Å². The van der Waals surface area contributed by atoms with Crippen LogP contribution in [-0.4, -0.2) is 7.85 Å². The molecule has 0 radical (unpaired) electrons. The fourth-order valence-electron chi connectivity index (χ4n) is 4.55. The second-order valence-corrected chi connectivity index (χ2v) is 9.55. The number of hydrogen-bond donors (Lipinski definition) is 0. The minimum Gasteiger partial charge on any atom is -0.0662 e. The van der Waals surface area contributed by atoms with Crippen LogP contribution in [0.1, 0.15) is 81.6 Å². The number of rotatable bonds is 3. The fraction of sp³-hybridized carbons (Fsp3) is 1.00. The van der Waals surface area contributed by atoms with E-state index in [2.05, 4.69) is 70.2 Å². The Bertz CT molecular complexity index is 321. The lowest BCUT2D eigenvalue weighted by Gasteiger charge is -2.54. The van der Waals surface area contributed by atoms with Crippen LogP contribution in [0.4, 0.5) is 0 Å². The van der Waals surface area contributed by atoms with E-state index in [0.717, 1.165) is 11.8 Å². The van der Waals surface area contributed by atoms with Crippen LogP contribution in [-0.2, 0) is 0 Å². The molecule has 1 heteroatoms. The lowest BCUT2D eigenvalue weighted by molar-refractivity contribution is 0.0132. The summed E-state index contributed by atoms with van der Waals surface area (Å²) in [5, 5.41) is 0.388. The van der Waals surface area contributed by atoms with Crippen LogP contribution in [0.5, 0.6) is 0 Å². The van der Waals surface area contributed by atoms with Crippen LogP contribution in [0.15, 0.2) is 0 Å². The molecule has 0 nitrogen and oxygen atoms in total. The van der Waals surface area contributed by atoms with E-state index in [-0.39, 0.29) is 0 Å². The third kappa shape index (κ3) is 2.40. The van der Waals surface area contributed by atoms with Gasteiger partial charge in [-0.3, -0.25) is 0 Å². The summed E-state index contributed by atoms with van der Waals surface area (Å²) in [6, 6.07) is 0. The molecule has 0 aromatic carbocycles. The molecule has 1 rings (SSSR count). The van der Waals surface area contributed by atoms with Crippen molar-refractivity contribution in [2.45, 2.75) is 86.9 Å². The van der Waals surface area contributed by atoms with Crippen LogP contribution in [0.25, 0.3) is 0 Å². The maximum absolute atomic E-state index is 2.58. The van der Waals surface area contributed by atoms with Gasteiger partial charge in [0.2, 0.25) is 0 Å². The highest BCUT2D eigenvalue weighted by Crippen LogP contribution is 2.69. The van der Waals surface area contributed by atoms with Gasteiger partial charge in [-0.2, -0.15) is 0 Å². The molecule has 112 valence electrons. The second-order valence-electron chi connectivity index (χ2n) is 9.55. The van der Waals surface area contributed by atoms with Gasteiger partial charge in [-0.15, -0.1) is 0 Å². The average molecular weight is 264 g/mol. The lowest BCUT2D eigenvalue weighted by atomic mass is 9.43. The van der Waals surface area contributed by atoms with Crippen LogP contribution >= 0.6 is 0 Å². The van der Waals surface area contributed by atoms with E-state index in [1.54, 1.807) is 0 Å². The summed E-state index contributed by atoms with van der Waals surface area (Å²) in [7, 11) is 2.51. The molecular formula is C18H37B. The molecule has 0 aliphatic heterocycles. The van der Waals surface area contributed by atoms with E-state index in [9.17, 15) is 0 Å². The zero-order valence-corrected chi connectivity index (χ0v) is 15.3. The van der Waals surface area contributed by atoms with Crippen molar-refractivity contribution in [2.24, 2.45) is 28.1 Å². The van der Waals surface area contributed by atoms with E-state index in [0.29, 0.717) is 21.6 Å². The smallest absolute Gasteiger partial charge is 0.0662 e. The van der Waals surface area contributed by atoms with Crippen molar-refractivity contribution in [3.05, 3.63) is 0 Å². The van der Waals surface area contributed by atoms with Crippen molar-refractivity contribution >= 4 is 7.85 Å². The minimum absolute atomic E-state index is 0.368. The first-order chi connectivity index (χ1) is 8.32. The van der Waals surface area contributed by atoms with Gasteiger partial charge in [-0.05, 0) is 40.9 Å². The molecule has 0 N–H and O–H groups in total. The van der Waals surface area contributed by atoms with Crippen molar-refractivity contribution < 1.29 is 0 Å². The molecule has 1 aliphatic carbocycles. The maximum Gasteiger partial charge on any atom is 0.110 e. The van der Waals surface area contributed by atoms with Crippen molar-refractivity contribution in [1.82, 2.24) is 0 Å². The minimum atomic E-state index is 0.368. The number of hydrogen-bond acceptors (Lipinski definition) is 0. The molecule has 1 saturated carbocycles. The highest BCUT2D eigenvalue weighted by atomic mass is 14.6. The van der Waals surface area contributed by atoms with Gasteiger partial charge in [0.25, 0.3) is 0 Å². The van der Waals surface area contributed by atoms with Crippen molar-refractivity contribution in [3.63, 3.8) is 0 Å². The molecule has 0 spiro atoms. The van der Waals surface area contributed by atoms with Crippen molar-refractivity contribution in [3.8, 4) is 0 Å². The van der Waals surface area contributed by atoms with E-state index >= 15 is 0 Å². The predicted molar refractivity (Wildman–Crippen MR) is 90.4 cm³/mol. The van der Waals surface area contributed by atoms with Crippen LogP contribution in [0.2, 0.25) is 5.31 Å². The summed E-state index contributed by atoms with van der Waals surface area (Å²) < 4.78 is 0. The molecule has 0 amide bonds. The molecule has 0 aromatic heterocycles. The topological polar surface area (TPSA) is 0 Å². The largest absolute Gasteiger partial charge is 0.110 e. The zero-order valence-electron chi connectivity index (χ0n) is 15.3. The lowest BCUT2D eigenvalue weighted by Crippen LogP contribution is -2.44. The summed E-state index contributed by atoms with van der Waals surface area (Å²) in [6.45, 7) is 22.2. The summed E-state index contributed by atoms with van der Waals surface area (Å²) >= 11 is 0. The Morgan fingerprint density at radius 2 is 1.58 bits per heavy atom. The SMILES string of the molecule is BC(C)(C1CC(C)C(C)(C)C1(C)CCC)C(C)(C)C. The first-order valence-electron chi connectivity index (χ1n) is 8.32. The Morgan fingerprint density at radius 3 is 1.95 bits per heavy atom. The van der Waals surface area contributed by atoms with E-state index in [4.69, 9.17) is 0 Å². The zero-order chi connectivity index (χ0) is 15.3. The monoisotopic (exact) mass is 264 g/mol. The third-order valence-electron chi connectivity index (χ3n) is 7.64. The Balaban J connectivity index is 3.28. The van der Waals surface area contributed by atoms with Gasteiger partial charge in [-0.25, -0.2) is 0 Å². The van der Waals surface area contributed by atoms with Gasteiger partial charge in [0.15, 0.2) is 0 Å². The molecule has 0 saturated heterocycles. The van der Waals surface area contributed by atoms with E-state index < -0.39 is 0 Å². The molecular weight excluding hydrogens is 227 g/mol. The van der Waals surface area contributed by atoms with Gasteiger partial charge < -0.3 is 0 Å². The van der Waals surface area contributed by atoms with Crippen molar-refractivity contribution in [1.29, 1.82) is 0 Å². The maximum atomic E-state index is 2.58. The van der Waals surface area contributed by atoms with Crippen LogP contribution in [0.3, 0.4) is 0 Å². The van der Waals surface area contributed by atoms with Gasteiger partial charge in [0.05, 0.1) is 0 Å². The van der Waals surface area contributed by atoms with Gasteiger partial charge in [0.1, 0.15) is 7.85 Å². The summed E-state index contributed by atoms with van der Waals surface area (Å²) in [6.07, 6.45) is 4.08. The highest BCUT2D eigenvalue weighted by Gasteiger charge is 2.60. The summed E-state index contributed by atoms with van der Waals surface area (Å²) in [4.78, 5) is 0. The molecule has 4 unspecified atom stereocenters. The van der Waals surface area contributed by atoms with Crippen LogP contribution < -0.4 is 0 Å².